The number of benzene rings is 2. The summed E-state index contributed by atoms with van der Waals surface area (Å²) in [6, 6.07) is 12.7. The highest BCUT2D eigenvalue weighted by molar-refractivity contribution is 7.85. The number of carbonyl (C=O) groups is 1. The molecule has 0 aliphatic rings. The summed E-state index contributed by atoms with van der Waals surface area (Å²) in [4.78, 5) is 10.2. The van der Waals surface area contributed by atoms with Crippen molar-refractivity contribution < 1.29 is 22.9 Å². The van der Waals surface area contributed by atoms with Gasteiger partial charge in [0.05, 0.1) is 10.5 Å². The topological polar surface area (TPSA) is 104 Å². The zero-order chi connectivity index (χ0) is 23.7. The Morgan fingerprint density at radius 3 is 1.71 bits per heavy atom. The molecule has 0 atom stereocenters. The maximum Gasteiger partial charge on any atom is 0.335 e. The van der Waals surface area contributed by atoms with Gasteiger partial charge in [0.1, 0.15) is 0 Å². The molecule has 0 saturated heterocycles. The molecule has 7 heteroatoms. The third-order valence-electron chi connectivity index (χ3n) is 4.40. The van der Waals surface area contributed by atoms with Crippen molar-refractivity contribution in [3.8, 4) is 0 Å². The summed E-state index contributed by atoms with van der Waals surface area (Å²) in [6.45, 7) is 7.21. The second-order valence-electron chi connectivity index (χ2n) is 7.33. The number of rotatable bonds is 9. The zero-order valence-corrected chi connectivity index (χ0v) is 19.9. The van der Waals surface area contributed by atoms with Crippen molar-refractivity contribution in [2.75, 3.05) is 13.6 Å². The van der Waals surface area contributed by atoms with Gasteiger partial charge in [-0.1, -0.05) is 74.4 Å². The number of unbranched alkanes of at least 4 members (excludes halogenated alkanes) is 5. The largest absolute Gasteiger partial charge is 0.478 e. The second-order valence-corrected chi connectivity index (χ2v) is 8.75. The van der Waals surface area contributed by atoms with Crippen LogP contribution in [-0.2, 0) is 10.1 Å². The van der Waals surface area contributed by atoms with Crippen LogP contribution >= 0.6 is 0 Å². The molecule has 0 radical (unpaired) electrons. The van der Waals surface area contributed by atoms with Gasteiger partial charge in [-0.25, -0.2) is 4.79 Å². The minimum Gasteiger partial charge on any atom is -0.478 e. The molecule has 0 aromatic heterocycles. The molecule has 0 aliphatic heterocycles. The van der Waals surface area contributed by atoms with Crippen LogP contribution in [0.25, 0.3) is 0 Å². The van der Waals surface area contributed by atoms with Crippen LogP contribution in [0.3, 0.4) is 0 Å². The van der Waals surface area contributed by atoms with Gasteiger partial charge in [-0.05, 0) is 58.1 Å². The summed E-state index contributed by atoms with van der Waals surface area (Å²) < 4.78 is 29.6. The molecule has 3 N–H and O–H groups in total. The van der Waals surface area contributed by atoms with E-state index in [1.165, 1.54) is 57.2 Å². The molecule has 174 valence electrons. The van der Waals surface area contributed by atoms with Crippen molar-refractivity contribution in [3.63, 3.8) is 0 Å². The minimum absolute atomic E-state index is 0.0666. The van der Waals surface area contributed by atoms with Crippen molar-refractivity contribution in [2.24, 2.45) is 0 Å². The number of hydrogen-bond donors (Lipinski definition) is 3. The monoisotopic (exact) mass is 451 g/mol. The van der Waals surface area contributed by atoms with E-state index >= 15 is 0 Å². The van der Waals surface area contributed by atoms with E-state index in [0.717, 1.165) is 11.1 Å². The van der Waals surface area contributed by atoms with Crippen molar-refractivity contribution >= 4 is 16.1 Å². The van der Waals surface area contributed by atoms with Gasteiger partial charge in [0.25, 0.3) is 10.1 Å². The number of aryl methyl sites for hydroxylation is 2. The average molecular weight is 452 g/mol. The van der Waals surface area contributed by atoms with Crippen LogP contribution in [0.2, 0.25) is 0 Å². The van der Waals surface area contributed by atoms with Crippen LogP contribution in [0, 0.1) is 13.8 Å². The predicted octanol–water partition coefficient (Wildman–Crippen LogP) is 5.50. The second kappa shape index (κ2) is 16.5. The molecule has 2 aromatic carbocycles. The highest BCUT2D eigenvalue weighted by Crippen LogP contribution is 2.08. The molecule has 2 rings (SSSR count). The van der Waals surface area contributed by atoms with E-state index in [1.807, 2.05) is 20.9 Å². The van der Waals surface area contributed by atoms with E-state index in [0.29, 0.717) is 5.56 Å². The van der Waals surface area contributed by atoms with Gasteiger partial charge >= 0.3 is 5.97 Å². The molecule has 0 saturated carbocycles. The molecule has 0 amide bonds. The summed E-state index contributed by atoms with van der Waals surface area (Å²) in [5, 5.41) is 11.6. The van der Waals surface area contributed by atoms with Gasteiger partial charge in [0.2, 0.25) is 0 Å². The lowest BCUT2D eigenvalue weighted by molar-refractivity contribution is 0.0697. The number of nitrogens with one attached hydrogen (secondary N) is 1. The molecule has 6 nitrogen and oxygen atoms in total. The van der Waals surface area contributed by atoms with Crippen molar-refractivity contribution in [2.45, 2.75) is 64.2 Å². The number of carboxylic acids is 1. The Morgan fingerprint density at radius 1 is 0.839 bits per heavy atom. The number of hydrogen-bond acceptors (Lipinski definition) is 4. The van der Waals surface area contributed by atoms with Gasteiger partial charge in [0, 0.05) is 0 Å². The van der Waals surface area contributed by atoms with E-state index in [-0.39, 0.29) is 4.90 Å². The molecule has 0 spiro atoms. The molecule has 0 heterocycles. The first kappa shape index (κ1) is 28.8. The lowest BCUT2D eigenvalue weighted by Gasteiger charge is -1.98. The molecule has 0 unspecified atom stereocenters. The van der Waals surface area contributed by atoms with Gasteiger partial charge in [-0.3, -0.25) is 4.55 Å². The quantitative estimate of drug-likeness (QED) is 0.343. The highest BCUT2D eigenvalue weighted by atomic mass is 32.2. The van der Waals surface area contributed by atoms with Gasteiger partial charge in [-0.15, -0.1) is 0 Å². The fourth-order valence-corrected chi connectivity index (χ4v) is 2.97. The first-order chi connectivity index (χ1) is 14.6. The Morgan fingerprint density at radius 2 is 1.29 bits per heavy atom. The summed E-state index contributed by atoms with van der Waals surface area (Å²) >= 11 is 0. The van der Waals surface area contributed by atoms with E-state index in [2.05, 4.69) is 12.2 Å². The van der Waals surface area contributed by atoms with Gasteiger partial charge in [-0.2, -0.15) is 8.42 Å². The lowest BCUT2D eigenvalue weighted by Crippen LogP contribution is -2.06. The Hall–Kier alpha value is -2.22. The molecule has 31 heavy (non-hydrogen) atoms. The van der Waals surface area contributed by atoms with Crippen LogP contribution in [0.5, 0.6) is 0 Å². The van der Waals surface area contributed by atoms with Crippen LogP contribution in [0.1, 0.15) is 66.9 Å². The predicted molar refractivity (Wildman–Crippen MR) is 126 cm³/mol. The van der Waals surface area contributed by atoms with Crippen LogP contribution in [0.4, 0.5) is 0 Å². The smallest absolute Gasteiger partial charge is 0.335 e. The Bertz CT molecular complexity index is 823. The molecule has 0 fully saturated rings. The van der Waals surface area contributed by atoms with Gasteiger partial charge in [0.15, 0.2) is 0 Å². The van der Waals surface area contributed by atoms with Crippen molar-refractivity contribution in [3.05, 3.63) is 65.2 Å². The number of aromatic carboxylic acids is 1. The zero-order valence-electron chi connectivity index (χ0n) is 19.1. The summed E-state index contributed by atoms with van der Waals surface area (Å²) in [6.07, 6.45) is 8.38. The van der Waals surface area contributed by atoms with Crippen LogP contribution in [0.15, 0.2) is 53.4 Å². The summed E-state index contributed by atoms with van der Waals surface area (Å²) in [5.74, 6) is -0.875. The van der Waals surface area contributed by atoms with Gasteiger partial charge < -0.3 is 10.4 Å². The third-order valence-corrected chi connectivity index (χ3v) is 5.27. The summed E-state index contributed by atoms with van der Waals surface area (Å²) in [7, 11) is -2.00. The standard InChI is InChI=1S/C9H21N.C8H8O2.C7H8O3S/c1-3-4-5-6-7-8-9-10-2;1-6-2-4-7(5-3-6)8(9)10;1-6-2-4-7(5-3-6)11(8,9)10/h10H,3-9H2,1-2H3;2-5H,1H3,(H,9,10);2-5H,1H3,(H,8,9,10). The molecular weight excluding hydrogens is 414 g/mol. The number of carboxylic acid groups (broad SMARTS) is 1. The van der Waals surface area contributed by atoms with Crippen LogP contribution in [-0.4, -0.2) is 37.6 Å². The Kier molecular flexibility index (Phi) is 15.3. The maximum absolute atomic E-state index is 10.5. The normalized spacial score (nSPS) is 10.4. The maximum atomic E-state index is 10.5. The summed E-state index contributed by atoms with van der Waals surface area (Å²) in [5.41, 5.74) is 2.37. The van der Waals surface area contributed by atoms with Crippen molar-refractivity contribution in [1.82, 2.24) is 5.32 Å². The lowest BCUT2D eigenvalue weighted by atomic mass is 10.1. The fourth-order valence-electron chi connectivity index (χ4n) is 2.49. The SMILES string of the molecule is CCCCCCCCNC.Cc1ccc(C(=O)O)cc1.Cc1ccc(S(=O)(=O)O)cc1. The molecule has 0 aliphatic carbocycles. The Balaban J connectivity index is 0.000000436. The van der Waals surface area contributed by atoms with Crippen molar-refractivity contribution in [1.29, 1.82) is 0 Å². The van der Waals surface area contributed by atoms with E-state index in [9.17, 15) is 13.2 Å². The average Bonchev–Trinajstić information content (AvgIpc) is 2.72. The first-order valence-electron chi connectivity index (χ1n) is 10.6. The first-order valence-corrected chi connectivity index (χ1v) is 12.0. The van der Waals surface area contributed by atoms with E-state index in [1.54, 1.807) is 36.4 Å². The molecule has 2 aromatic rings. The van der Waals surface area contributed by atoms with Crippen LogP contribution < -0.4 is 5.32 Å². The fraction of sp³-hybridized carbons (Fsp3) is 0.458. The van der Waals surface area contributed by atoms with E-state index in [4.69, 9.17) is 9.66 Å². The Labute approximate surface area is 187 Å². The minimum atomic E-state index is -4.02. The molecule has 0 bridgehead atoms. The third kappa shape index (κ3) is 15.3. The highest BCUT2D eigenvalue weighted by Gasteiger charge is 2.06. The molecular formula is C24H37NO5S. The van der Waals surface area contributed by atoms with E-state index < -0.39 is 16.1 Å².